The van der Waals surface area contributed by atoms with E-state index in [0.29, 0.717) is 22.8 Å². The lowest BCUT2D eigenvalue weighted by molar-refractivity contribution is -0.116. The molecule has 0 spiro atoms. The van der Waals surface area contributed by atoms with Gasteiger partial charge in [0.1, 0.15) is 5.76 Å². The molecule has 0 unspecified atom stereocenters. The van der Waals surface area contributed by atoms with Crippen molar-refractivity contribution in [2.75, 3.05) is 20.8 Å². The van der Waals surface area contributed by atoms with Crippen molar-refractivity contribution in [1.82, 2.24) is 5.32 Å². The summed E-state index contributed by atoms with van der Waals surface area (Å²) in [5.41, 5.74) is 0.623. The predicted molar refractivity (Wildman–Crippen MR) is 85.3 cm³/mol. The van der Waals surface area contributed by atoms with Gasteiger partial charge >= 0.3 is 0 Å². The largest absolute Gasteiger partial charge is 0.493 e. The van der Waals surface area contributed by atoms with Crippen LogP contribution in [0.5, 0.6) is 11.5 Å². The lowest BCUT2D eigenvalue weighted by Gasteiger charge is -2.14. The maximum Gasteiger partial charge on any atom is 0.244 e. The molecule has 2 N–H and O–H groups in total. The molecule has 1 heterocycles. The van der Waals surface area contributed by atoms with Crippen molar-refractivity contribution in [2.45, 2.75) is 6.10 Å². The van der Waals surface area contributed by atoms with E-state index in [1.807, 2.05) is 0 Å². The van der Waals surface area contributed by atoms with Crippen molar-refractivity contribution in [3.63, 3.8) is 0 Å². The minimum absolute atomic E-state index is 0.0802. The quantitative estimate of drug-likeness (QED) is 0.765. The van der Waals surface area contributed by atoms with E-state index in [2.05, 4.69) is 5.32 Å². The standard InChI is InChI=1S/C17H19NO5/c1-21-15-7-5-12(10-16(15)22-2)14(19)11-18-17(20)8-6-13-4-3-9-23-13/h3-10,14,19H,11H2,1-2H3,(H,18,20)/b8-6+/t14-/m0/s1. The molecular formula is C17H19NO5. The minimum atomic E-state index is -0.851. The Hall–Kier alpha value is -2.73. The molecule has 0 fully saturated rings. The van der Waals surface area contributed by atoms with Crippen LogP contribution in [0.2, 0.25) is 0 Å². The van der Waals surface area contributed by atoms with E-state index in [1.165, 1.54) is 19.4 Å². The van der Waals surface area contributed by atoms with Crippen LogP contribution < -0.4 is 14.8 Å². The fraction of sp³-hybridized carbons (Fsp3) is 0.235. The van der Waals surface area contributed by atoms with E-state index < -0.39 is 6.10 Å². The molecule has 6 heteroatoms. The number of aliphatic hydroxyl groups excluding tert-OH is 1. The molecule has 1 aromatic heterocycles. The van der Waals surface area contributed by atoms with Gasteiger partial charge in [0.25, 0.3) is 0 Å². The maximum atomic E-state index is 11.7. The summed E-state index contributed by atoms with van der Waals surface area (Å²) in [6, 6.07) is 8.57. The summed E-state index contributed by atoms with van der Waals surface area (Å²) in [4.78, 5) is 11.7. The highest BCUT2D eigenvalue weighted by Crippen LogP contribution is 2.29. The van der Waals surface area contributed by atoms with Crippen molar-refractivity contribution in [1.29, 1.82) is 0 Å². The molecule has 0 bridgehead atoms. The van der Waals surface area contributed by atoms with Crippen LogP contribution in [0.4, 0.5) is 0 Å². The number of nitrogens with one attached hydrogen (secondary N) is 1. The first-order chi connectivity index (χ1) is 11.1. The molecule has 0 aliphatic rings. The van der Waals surface area contributed by atoms with Gasteiger partial charge in [0.2, 0.25) is 5.91 Å². The number of aliphatic hydroxyl groups is 1. The molecule has 1 atom stereocenters. The highest BCUT2D eigenvalue weighted by molar-refractivity contribution is 5.91. The third-order valence-electron chi connectivity index (χ3n) is 3.20. The molecule has 1 amide bonds. The first-order valence-corrected chi connectivity index (χ1v) is 7.03. The molecule has 122 valence electrons. The molecule has 6 nitrogen and oxygen atoms in total. The average Bonchev–Trinajstić information content (AvgIpc) is 3.10. The van der Waals surface area contributed by atoms with Gasteiger partial charge in [-0.3, -0.25) is 4.79 Å². The van der Waals surface area contributed by atoms with Crippen molar-refractivity contribution in [3.8, 4) is 11.5 Å². The van der Waals surface area contributed by atoms with E-state index in [0.717, 1.165) is 0 Å². The average molecular weight is 317 g/mol. The Morgan fingerprint density at radius 1 is 1.30 bits per heavy atom. The summed E-state index contributed by atoms with van der Waals surface area (Å²) < 4.78 is 15.4. The second-order valence-corrected chi connectivity index (χ2v) is 4.72. The molecule has 0 saturated heterocycles. The Balaban J connectivity index is 1.91. The molecular weight excluding hydrogens is 298 g/mol. The fourth-order valence-corrected chi connectivity index (χ4v) is 1.98. The van der Waals surface area contributed by atoms with E-state index in [1.54, 1.807) is 43.5 Å². The smallest absolute Gasteiger partial charge is 0.244 e. The second kappa shape index (κ2) is 8.05. The van der Waals surface area contributed by atoms with Crippen molar-refractivity contribution >= 4 is 12.0 Å². The number of carbonyl (C=O) groups is 1. The number of furan rings is 1. The Bertz CT molecular complexity index is 664. The lowest BCUT2D eigenvalue weighted by atomic mass is 10.1. The zero-order valence-corrected chi connectivity index (χ0v) is 13.0. The van der Waals surface area contributed by atoms with E-state index >= 15 is 0 Å². The Morgan fingerprint density at radius 2 is 2.09 bits per heavy atom. The molecule has 0 radical (unpaired) electrons. The summed E-state index contributed by atoms with van der Waals surface area (Å²) >= 11 is 0. The van der Waals surface area contributed by atoms with Gasteiger partial charge in [-0.05, 0) is 35.9 Å². The SMILES string of the molecule is COc1ccc([C@@H](O)CNC(=O)/C=C/c2ccco2)cc1OC. The number of hydrogen-bond acceptors (Lipinski definition) is 5. The first kappa shape index (κ1) is 16.6. The van der Waals surface area contributed by atoms with Crippen LogP contribution in [0, 0.1) is 0 Å². The molecule has 0 aliphatic carbocycles. The number of amides is 1. The third-order valence-corrected chi connectivity index (χ3v) is 3.20. The first-order valence-electron chi connectivity index (χ1n) is 7.03. The van der Waals surface area contributed by atoms with E-state index in [-0.39, 0.29) is 12.5 Å². The second-order valence-electron chi connectivity index (χ2n) is 4.72. The van der Waals surface area contributed by atoms with Gasteiger partial charge in [-0.25, -0.2) is 0 Å². The predicted octanol–water partition coefficient (Wildman–Crippen LogP) is 2.16. The van der Waals surface area contributed by atoms with Crippen LogP contribution in [0.15, 0.2) is 47.1 Å². The summed E-state index contributed by atoms with van der Waals surface area (Å²) in [6.07, 6.45) is 3.58. The highest BCUT2D eigenvalue weighted by atomic mass is 16.5. The maximum absolute atomic E-state index is 11.7. The monoisotopic (exact) mass is 317 g/mol. The van der Waals surface area contributed by atoms with Gasteiger partial charge in [0.15, 0.2) is 11.5 Å². The van der Waals surface area contributed by atoms with Crippen molar-refractivity contribution < 1.29 is 23.8 Å². The van der Waals surface area contributed by atoms with Gasteiger partial charge < -0.3 is 24.3 Å². The van der Waals surface area contributed by atoms with Crippen LogP contribution in [0.1, 0.15) is 17.4 Å². The number of hydrogen-bond donors (Lipinski definition) is 2. The van der Waals surface area contributed by atoms with Gasteiger partial charge in [-0.2, -0.15) is 0 Å². The number of ether oxygens (including phenoxy) is 2. The topological polar surface area (TPSA) is 80.9 Å². The van der Waals surface area contributed by atoms with Gasteiger partial charge in [-0.15, -0.1) is 0 Å². The van der Waals surface area contributed by atoms with Gasteiger partial charge in [0.05, 0.1) is 26.6 Å². The van der Waals surface area contributed by atoms with Gasteiger partial charge in [-0.1, -0.05) is 6.07 Å². The molecule has 0 aliphatic heterocycles. The Kier molecular flexibility index (Phi) is 5.82. The molecule has 1 aromatic carbocycles. The van der Waals surface area contributed by atoms with Crippen LogP contribution in [-0.2, 0) is 4.79 Å². The summed E-state index contributed by atoms with van der Waals surface area (Å²) in [7, 11) is 3.06. The van der Waals surface area contributed by atoms with Crippen molar-refractivity contribution in [3.05, 3.63) is 54.0 Å². The summed E-state index contributed by atoms with van der Waals surface area (Å²) in [5.74, 6) is 1.36. The Morgan fingerprint density at radius 3 is 2.74 bits per heavy atom. The van der Waals surface area contributed by atoms with E-state index in [9.17, 15) is 9.90 Å². The molecule has 0 saturated carbocycles. The molecule has 2 rings (SSSR count). The summed E-state index contributed by atoms with van der Waals surface area (Å²) in [5, 5.41) is 12.8. The molecule has 2 aromatic rings. The minimum Gasteiger partial charge on any atom is -0.493 e. The number of carbonyl (C=O) groups excluding carboxylic acids is 1. The Labute approximate surface area is 134 Å². The van der Waals surface area contributed by atoms with Gasteiger partial charge in [0, 0.05) is 12.6 Å². The number of rotatable bonds is 7. The number of methoxy groups -OCH3 is 2. The van der Waals surface area contributed by atoms with E-state index in [4.69, 9.17) is 13.9 Å². The number of benzene rings is 1. The van der Waals surface area contributed by atoms with Crippen LogP contribution in [0.25, 0.3) is 6.08 Å². The van der Waals surface area contributed by atoms with Crippen LogP contribution >= 0.6 is 0 Å². The summed E-state index contributed by atoms with van der Waals surface area (Å²) in [6.45, 7) is 0.0802. The van der Waals surface area contributed by atoms with Crippen molar-refractivity contribution in [2.24, 2.45) is 0 Å². The third kappa shape index (κ3) is 4.62. The normalized spacial score (nSPS) is 12.1. The molecule has 23 heavy (non-hydrogen) atoms. The van der Waals surface area contributed by atoms with Crippen LogP contribution in [-0.4, -0.2) is 31.8 Å². The zero-order valence-electron chi connectivity index (χ0n) is 13.0. The lowest BCUT2D eigenvalue weighted by Crippen LogP contribution is -2.26. The van der Waals surface area contributed by atoms with Crippen LogP contribution in [0.3, 0.4) is 0 Å². The fourth-order valence-electron chi connectivity index (χ4n) is 1.98. The highest BCUT2D eigenvalue weighted by Gasteiger charge is 2.12. The zero-order chi connectivity index (χ0) is 16.7.